The molecular weight excluding hydrogens is 330 g/mol. The van der Waals surface area contributed by atoms with Gasteiger partial charge in [0.05, 0.1) is 18.1 Å². The van der Waals surface area contributed by atoms with E-state index in [1.807, 2.05) is 18.3 Å². The number of piperazine rings is 1. The van der Waals surface area contributed by atoms with Crippen molar-refractivity contribution in [1.29, 1.82) is 10.5 Å². The Morgan fingerprint density at radius 3 is 2.57 bits per heavy atom. The molecule has 2 rings (SSSR count). The first-order valence-corrected chi connectivity index (χ1v) is 7.87. The highest BCUT2D eigenvalue weighted by Crippen LogP contribution is 2.17. The number of anilines is 1. The number of hydrogen-bond acceptors (Lipinski definition) is 5. The average molecular weight is 348 g/mol. The summed E-state index contributed by atoms with van der Waals surface area (Å²) in [5.41, 5.74) is 0. The number of hydrogen-bond donors (Lipinski definition) is 0. The fraction of sp³-hybridized carbons (Fsp3) is 0.533. The van der Waals surface area contributed by atoms with Crippen LogP contribution in [-0.2, 0) is 0 Å². The van der Waals surface area contributed by atoms with Crippen molar-refractivity contribution in [3.63, 3.8) is 0 Å². The molecule has 1 atom stereocenters. The summed E-state index contributed by atoms with van der Waals surface area (Å²) in [6.45, 7) is 4.47. The van der Waals surface area contributed by atoms with Crippen LogP contribution in [0.25, 0.3) is 0 Å². The predicted molar refractivity (Wildman–Crippen MR) is 84.5 cm³/mol. The number of pyridine rings is 1. The summed E-state index contributed by atoms with van der Waals surface area (Å²) < 4.78 is 0.985. The number of nitrogens with zero attached hydrogens (tertiary/aromatic N) is 5. The standard InChI is InChI=1S/C15H18BrN5/c16-14-3-4-15(19-11-14)21-8-6-20(7-9-21)12-13(10-18)2-1-5-17/h3-4,11,13H,1-2,6-9,12H2/t13-/m1/s1. The molecule has 2 heterocycles. The lowest BCUT2D eigenvalue weighted by Crippen LogP contribution is -2.48. The van der Waals surface area contributed by atoms with Gasteiger partial charge in [-0.15, -0.1) is 0 Å². The summed E-state index contributed by atoms with van der Waals surface area (Å²) in [6.07, 6.45) is 2.94. The number of rotatable bonds is 5. The molecule has 0 N–H and O–H groups in total. The molecule has 0 radical (unpaired) electrons. The summed E-state index contributed by atoms with van der Waals surface area (Å²) in [5.74, 6) is 0.959. The molecule has 0 unspecified atom stereocenters. The Morgan fingerprint density at radius 2 is 2.00 bits per heavy atom. The van der Waals surface area contributed by atoms with Crippen LogP contribution in [0.3, 0.4) is 0 Å². The van der Waals surface area contributed by atoms with Gasteiger partial charge >= 0.3 is 0 Å². The summed E-state index contributed by atoms with van der Waals surface area (Å²) in [6, 6.07) is 8.44. The summed E-state index contributed by atoms with van der Waals surface area (Å²) in [4.78, 5) is 8.99. The lowest BCUT2D eigenvalue weighted by molar-refractivity contribution is 0.232. The molecule has 1 aliphatic heterocycles. The minimum absolute atomic E-state index is 0.0398. The molecular formula is C15H18BrN5. The Labute approximate surface area is 133 Å². The molecule has 0 amide bonds. The molecule has 5 nitrogen and oxygen atoms in total. The summed E-state index contributed by atoms with van der Waals surface area (Å²) in [7, 11) is 0. The Balaban J connectivity index is 1.81. The minimum Gasteiger partial charge on any atom is -0.354 e. The van der Waals surface area contributed by atoms with E-state index in [0.717, 1.165) is 43.0 Å². The smallest absolute Gasteiger partial charge is 0.128 e. The maximum Gasteiger partial charge on any atom is 0.128 e. The van der Waals surface area contributed by atoms with Crippen LogP contribution in [0.1, 0.15) is 12.8 Å². The van der Waals surface area contributed by atoms with Crippen LogP contribution >= 0.6 is 15.9 Å². The van der Waals surface area contributed by atoms with Gasteiger partial charge in [-0.3, -0.25) is 4.90 Å². The van der Waals surface area contributed by atoms with Crippen LogP contribution in [0.4, 0.5) is 5.82 Å². The zero-order valence-electron chi connectivity index (χ0n) is 11.9. The van der Waals surface area contributed by atoms with Gasteiger partial charge < -0.3 is 4.90 Å². The quantitative estimate of drug-likeness (QED) is 0.818. The van der Waals surface area contributed by atoms with E-state index < -0.39 is 0 Å². The van der Waals surface area contributed by atoms with Gasteiger partial charge in [0.2, 0.25) is 0 Å². The zero-order chi connectivity index (χ0) is 15.1. The van der Waals surface area contributed by atoms with Gasteiger partial charge in [0.15, 0.2) is 0 Å². The van der Waals surface area contributed by atoms with Crippen LogP contribution in [0.15, 0.2) is 22.8 Å². The third kappa shape index (κ3) is 4.70. The zero-order valence-corrected chi connectivity index (χ0v) is 13.5. The second-order valence-corrected chi connectivity index (χ2v) is 6.06. The van der Waals surface area contributed by atoms with Gasteiger partial charge in [-0.25, -0.2) is 4.98 Å². The molecule has 1 saturated heterocycles. The highest BCUT2D eigenvalue weighted by molar-refractivity contribution is 9.10. The molecule has 1 fully saturated rings. The normalized spacial score (nSPS) is 17.0. The summed E-state index contributed by atoms with van der Waals surface area (Å²) >= 11 is 3.39. The monoisotopic (exact) mass is 347 g/mol. The van der Waals surface area contributed by atoms with Gasteiger partial charge in [0.25, 0.3) is 0 Å². The van der Waals surface area contributed by atoms with Crippen LogP contribution < -0.4 is 4.90 Å². The lowest BCUT2D eigenvalue weighted by Gasteiger charge is -2.36. The van der Waals surface area contributed by atoms with Gasteiger partial charge in [0.1, 0.15) is 5.82 Å². The molecule has 0 bridgehead atoms. The fourth-order valence-electron chi connectivity index (χ4n) is 2.46. The van der Waals surface area contributed by atoms with E-state index in [2.05, 4.69) is 42.9 Å². The molecule has 6 heteroatoms. The van der Waals surface area contributed by atoms with E-state index in [-0.39, 0.29) is 5.92 Å². The van der Waals surface area contributed by atoms with E-state index in [9.17, 15) is 0 Å². The SMILES string of the molecule is N#CCC[C@H](C#N)CN1CCN(c2ccc(Br)cn2)CC1. The first-order chi connectivity index (χ1) is 10.2. The third-order valence-corrected chi connectivity index (χ3v) is 4.14. The van der Waals surface area contributed by atoms with Crippen molar-refractivity contribution in [2.75, 3.05) is 37.6 Å². The Hall–Kier alpha value is -1.63. The van der Waals surface area contributed by atoms with Gasteiger partial charge in [-0.1, -0.05) is 0 Å². The van der Waals surface area contributed by atoms with Crippen molar-refractivity contribution in [3.8, 4) is 12.1 Å². The second kappa shape index (κ2) is 7.97. The maximum absolute atomic E-state index is 9.13. The predicted octanol–water partition coefficient (Wildman–Crippen LogP) is 2.41. The van der Waals surface area contributed by atoms with Gasteiger partial charge in [-0.2, -0.15) is 10.5 Å². The molecule has 1 aromatic rings. The molecule has 0 saturated carbocycles. The molecule has 110 valence electrons. The number of aromatic nitrogens is 1. The van der Waals surface area contributed by atoms with Crippen molar-refractivity contribution in [2.24, 2.45) is 5.92 Å². The van der Waals surface area contributed by atoms with Crippen LogP contribution in [0, 0.1) is 28.6 Å². The third-order valence-electron chi connectivity index (χ3n) is 3.67. The van der Waals surface area contributed by atoms with Crippen LogP contribution in [0.5, 0.6) is 0 Å². The second-order valence-electron chi connectivity index (χ2n) is 5.15. The Morgan fingerprint density at radius 1 is 1.24 bits per heavy atom. The van der Waals surface area contributed by atoms with Crippen molar-refractivity contribution in [2.45, 2.75) is 12.8 Å². The Bertz CT molecular complexity index is 522. The summed E-state index contributed by atoms with van der Waals surface area (Å²) in [5, 5.41) is 17.7. The van der Waals surface area contributed by atoms with Gasteiger partial charge in [0, 0.05) is 49.8 Å². The lowest BCUT2D eigenvalue weighted by atomic mass is 10.0. The first kappa shape index (κ1) is 15.8. The molecule has 0 aliphatic carbocycles. The highest BCUT2D eigenvalue weighted by atomic mass is 79.9. The van der Waals surface area contributed by atoms with Crippen molar-refractivity contribution < 1.29 is 0 Å². The highest BCUT2D eigenvalue weighted by Gasteiger charge is 2.20. The van der Waals surface area contributed by atoms with Crippen LogP contribution in [-0.4, -0.2) is 42.6 Å². The van der Waals surface area contributed by atoms with E-state index in [0.29, 0.717) is 12.8 Å². The van der Waals surface area contributed by atoms with E-state index in [4.69, 9.17) is 10.5 Å². The molecule has 1 aliphatic rings. The maximum atomic E-state index is 9.13. The van der Waals surface area contributed by atoms with E-state index in [1.54, 1.807) is 0 Å². The van der Waals surface area contributed by atoms with Crippen LogP contribution in [0.2, 0.25) is 0 Å². The molecule has 0 aromatic carbocycles. The van der Waals surface area contributed by atoms with Gasteiger partial charge in [-0.05, 0) is 34.5 Å². The topological polar surface area (TPSA) is 67.0 Å². The van der Waals surface area contributed by atoms with Crippen molar-refractivity contribution in [3.05, 3.63) is 22.8 Å². The molecule has 1 aromatic heterocycles. The fourth-order valence-corrected chi connectivity index (χ4v) is 2.70. The van der Waals surface area contributed by atoms with E-state index >= 15 is 0 Å². The number of nitriles is 2. The minimum atomic E-state index is -0.0398. The van der Waals surface area contributed by atoms with Crippen molar-refractivity contribution >= 4 is 21.7 Å². The number of halogens is 1. The Kier molecular flexibility index (Phi) is 5.98. The average Bonchev–Trinajstić information content (AvgIpc) is 2.53. The first-order valence-electron chi connectivity index (χ1n) is 7.08. The molecule has 21 heavy (non-hydrogen) atoms. The molecule has 0 spiro atoms. The van der Waals surface area contributed by atoms with Crippen molar-refractivity contribution in [1.82, 2.24) is 9.88 Å². The van der Waals surface area contributed by atoms with E-state index in [1.165, 1.54) is 0 Å². The largest absolute Gasteiger partial charge is 0.354 e.